The Morgan fingerprint density at radius 2 is 2.22 bits per heavy atom. The Morgan fingerprint density at radius 3 is 2.85 bits per heavy atom. The lowest BCUT2D eigenvalue weighted by Gasteiger charge is -2.44. The van der Waals surface area contributed by atoms with Crippen LogP contribution in [0.3, 0.4) is 0 Å². The largest absolute Gasteiger partial charge is 0.496 e. The number of carbonyl (C=O) groups is 2. The highest BCUT2D eigenvalue weighted by atomic mass is 16.5. The van der Waals surface area contributed by atoms with Gasteiger partial charge in [0.1, 0.15) is 18.1 Å². The zero-order chi connectivity index (χ0) is 19.8. The van der Waals surface area contributed by atoms with Crippen LogP contribution in [0.1, 0.15) is 31.4 Å². The number of benzene rings is 1. The van der Waals surface area contributed by atoms with Gasteiger partial charge in [0.15, 0.2) is 0 Å². The number of para-hydroxylation sites is 1. The summed E-state index contributed by atoms with van der Waals surface area (Å²) in [4.78, 5) is 22.6. The summed E-state index contributed by atoms with van der Waals surface area (Å²) in [5.74, 6) is -0.223. The first-order chi connectivity index (χ1) is 13.0. The van der Waals surface area contributed by atoms with Crippen LogP contribution in [-0.4, -0.2) is 77.9 Å². The van der Waals surface area contributed by atoms with E-state index >= 15 is 0 Å². The molecule has 0 aromatic heterocycles. The zero-order valence-electron chi connectivity index (χ0n) is 15.9. The smallest absolute Gasteiger partial charge is 0.322 e. The lowest BCUT2D eigenvalue weighted by atomic mass is 10.0. The highest BCUT2D eigenvalue weighted by Crippen LogP contribution is 2.28. The molecule has 0 amide bonds. The first kappa shape index (κ1) is 21.3. The van der Waals surface area contributed by atoms with Gasteiger partial charge in [-0.3, -0.25) is 4.79 Å². The number of carboxylic acid groups (broad SMARTS) is 1. The Hall–Kier alpha value is -2.00. The van der Waals surface area contributed by atoms with Gasteiger partial charge < -0.3 is 25.1 Å². The molecule has 3 atom stereocenters. The molecule has 2 rings (SSSR count). The minimum atomic E-state index is -0.995. The van der Waals surface area contributed by atoms with Crippen molar-refractivity contribution in [3.8, 4) is 5.75 Å². The van der Waals surface area contributed by atoms with Crippen molar-refractivity contribution in [1.29, 1.82) is 0 Å². The van der Waals surface area contributed by atoms with Gasteiger partial charge in [0.05, 0.1) is 19.3 Å². The number of nitrogens with one attached hydrogen (secondary N) is 1. The number of ether oxygens (including phenoxy) is 1. The normalized spacial score (nSPS) is 20.2. The topological polar surface area (TPSA) is 102 Å². The maximum atomic E-state index is 11.8. The number of hydrogen-bond donors (Lipinski definition) is 3. The van der Waals surface area contributed by atoms with Crippen molar-refractivity contribution in [2.75, 3.05) is 33.3 Å². The van der Waals surface area contributed by atoms with Crippen molar-refractivity contribution in [2.24, 2.45) is 0 Å². The van der Waals surface area contributed by atoms with Crippen LogP contribution in [0.4, 0.5) is 0 Å². The average Bonchev–Trinajstić information content (AvgIpc) is 2.67. The monoisotopic (exact) mass is 379 g/mol. The minimum Gasteiger partial charge on any atom is -0.496 e. The highest BCUT2D eigenvalue weighted by molar-refractivity contribution is 5.73. The number of aliphatic carboxylic acids is 1. The fraction of sp³-hybridized carbons (Fsp3) is 0.579. The number of aliphatic hydroxyl groups is 1. The molecule has 1 aliphatic heterocycles. The van der Waals surface area contributed by atoms with Gasteiger partial charge in [0.2, 0.25) is 0 Å². The van der Waals surface area contributed by atoms with Gasteiger partial charge >= 0.3 is 5.97 Å². The maximum Gasteiger partial charge on any atom is 0.322 e. The van der Waals surface area contributed by atoms with Crippen LogP contribution >= 0.6 is 0 Å². The number of nitrogens with zero attached hydrogens (tertiary/aromatic N) is 2. The third-order valence-electron chi connectivity index (χ3n) is 4.69. The van der Waals surface area contributed by atoms with E-state index in [0.717, 1.165) is 17.6 Å². The van der Waals surface area contributed by atoms with E-state index in [-0.39, 0.29) is 25.4 Å². The van der Waals surface area contributed by atoms with Crippen LogP contribution in [0.25, 0.3) is 0 Å². The van der Waals surface area contributed by atoms with E-state index in [4.69, 9.17) is 4.74 Å². The Balaban J connectivity index is 2.23. The Kier molecular flexibility index (Phi) is 8.18. The van der Waals surface area contributed by atoms with Crippen molar-refractivity contribution < 1.29 is 24.5 Å². The summed E-state index contributed by atoms with van der Waals surface area (Å²) in [6.45, 7) is 3.64. The number of aliphatic hydroxyl groups excluding tert-OH is 1. The molecule has 1 saturated heterocycles. The van der Waals surface area contributed by atoms with Gasteiger partial charge in [0, 0.05) is 38.2 Å². The molecule has 0 saturated carbocycles. The second-order valence-corrected chi connectivity index (χ2v) is 6.73. The van der Waals surface area contributed by atoms with Gasteiger partial charge in [0.25, 0.3) is 0 Å². The molecule has 1 aliphatic rings. The Bertz CT molecular complexity index is 625. The minimum absolute atomic E-state index is 0.0353. The summed E-state index contributed by atoms with van der Waals surface area (Å²) >= 11 is 0. The molecule has 27 heavy (non-hydrogen) atoms. The Morgan fingerprint density at radius 1 is 1.48 bits per heavy atom. The quantitative estimate of drug-likeness (QED) is 0.510. The second-order valence-electron chi connectivity index (χ2n) is 6.73. The molecule has 8 nitrogen and oxygen atoms in total. The molecule has 0 radical (unpaired) electrons. The lowest BCUT2D eigenvalue weighted by Crippen LogP contribution is -2.59. The summed E-state index contributed by atoms with van der Waals surface area (Å²) in [5, 5.41) is 26.7. The summed E-state index contributed by atoms with van der Waals surface area (Å²) in [6, 6.07) is 6.83. The molecule has 3 unspecified atom stereocenters. The molecule has 1 aromatic rings. The van der Waals surface area contributed by atoms with Crippen LogP contribution in [0, 0.1) is 0 Å². The van der Waals surface area contributed by atoms with Gasteiger partial charge in [-0.15, -0.1) is 0 Å². The maximum absolute atomic E-state index is 11.8. The molecule has 1 heterocycles. The molecule has 1 aromatic carbocycles. The van der Waals surface area contributed by atoms with Crippen molar-refractivity contribution in [2.45, 2.75) is 38.0 Å². The van der Waals surface area contributed by atoms with Gasteiger partial charge in [-0.05, 0) is 19.4 Å². The van der Waals surface area contributed by atoms with Crippen LogP contribution in [0.2, 0.25) is 0 Å². The number of rotatable bonds is 10. The summed E-state index contributed by atoms with van der Waals surface area (Å²) in [7, 11) is 1.62. The van der Waals surface area contributed by atoms with Crippen molar-refractivity contribution in [1.82, 2.24) is 15.3 Å². The number of aldehydes is 1. The van der Waals surface area contributed by atoms with E-state index in [0.29, 0.717) is 19.6 Å². The average molecular weight is 379 g/mol. The van der Waals surface area contributed by atoms with Crippen LogP contribution < -0.4 is 10.1 Å². The number of piperazine rings is 1. The molecule has 0 spiro atoms. The summed E-state index contributed by atoms with van der Waals surface area (Å²) < 4.78 is 5.45. The Labute approximate surface area is 159 Å². The van der Waals surface area contributed by atoms with Gasteiger partial charge in [-0.25, -0.2) is 10.0 Å². The van der Waals surface area contributed by atoms with Gasteiger partial charge in [-0.2, -0.15) is 0 Å². The molecule has 150 valence electrons. The van der Waals surface area contributed by atoms with E-state index in [1.165, 1.54) is 0 Å². The van der Waals surface area contributed by atoms with Crippen molar-refractivity contribution in [3.05, 3.63) is 29.8 Å². The predicted molar refractivity (Wildman–Crippen MR) is 100 cm³/mol. The molecular formula is C19H29N3O5. The number of methoxy groups -OCH3 is 1. The SMILES string of the molecule is COc1ccccc1C1CN(N(CC(C)O)C(CCC=O)C(=O)O)CCN1. The number of hydrogen-bond acceptors (Lipinski definition) is 7. The predicted octanol–water partition coefficient (Wildman–Crippen LogP) is 0.672. The number of carboxylic acids is 1. The molecular weight excluding hydrogens is 350 g/mol. The number of carbonyl (C=O) groups excluding carboxylic acids is 1. The van der Waals surface area contributed by atoms with Crippen LogP contribution in [0.15, 0.2) is 24.3 Å². The number of hydrazine groups is 1. The van der Waals surface area contributed by atoms with Crippen molar-refractivity contribution >= 4 is 12.3 Å². The fourth-order valence-corrected chi connectivity index (χ4v) is 3.47. The third-order valence-corrected chi connectivity index (χ3v) is 4.69. The van der Waals surface area contributed by atoms with E-state index in [1.807, 2.05) is 29.3 Å². The molecule has 0 bridgehead atoms. The lowest BCUT2D eigenvalue weighted by molar-refractivity contribution is -0.159. The molecule has 1 fully saturated rings. The summed E-state index contributed by atoms with van der Waals surface area (Å²) in [5.41, 5.74) is 1.00. The van der Waals surface area contributed by atoms with E-state index in [9.17, 15) is 19.8 Å². The van der Waals surface area contributed by atoms with E-state index in [2.05, 4.69) is 5.32 Å². The standard InChI is InChI=1S/C19H29N3O5/c1-14(24)12-22(17(19(25)26)7-5-11-23)21-10-9-20-16(13-21)15-6-3-4-8-18(15)27-2/h3-4,6,8,11,14,16-17,20,24H,5,7,9-10,12-13H2,1-2H3,(H,25,26). The molecule has 0 aliphatic carbocycles. The van der Waals surface area contributed by atoms with Crippen molar-refractivity contribution in [3.63, 3.8) is 0 Å². The molecule has 8 heteroatoms. The van der Waals surface area contributed by atoms with Crippen LogP contribution in [0.5, 0.6) is 5.75 Å². The van der Waals surface area contributed by atoms with E-state index < -0.39 is 18.1 Å². The van der Waals surface area contributed by atoms with Crippen LogP contribution in [-0.2, 0) is 9.59 Å². The molecule has 3 N–H and O–H groups in total. The first-order valence-corrected chi connectivity index (χ1v) is 9.20. The highest BCUT2D eigenvalue weighted by Gasteiger charge is 2.34. The first-order valence-electron chi connectivity index (χ1n) is 9.20. The van der Waals surface area contributed by atoms with E-state index in [1.54, 1.807) is 19.0 Å². The van der Waals surface area contributed by atoms with Gasteiger partial charge in [-0.1, -0.05) is 18.2 Å². The third kappa shape index (κ3) is 5.74. The summed E-state index contributed by atoms with van der Waals surface area (Å²) in [6.07, 6.45) is 0.401. The zero-order valence-corrected chi connectivity index (χ0v) is 15.9. The fourth-order valence-electron chi connectivity index (χ4n) is 3.47. The second kappa shape index (κ2) is 10.4.